The fourth-order valence-corrected chi connectivity index (χ4v) is 4.66. The van der Waals surface area contributed by atoms with Crippen LogP contribution in [0, 0.1) is 18.3 Å². The molecule has 0 radical (unpaired) electrons. The third-order valence-corrected chi connectivity index (χ3v) is 7.08. The molecule has 1 unspecified atom stereocenters. The molecular formula is C22H36N4O. The first kappa shape index (κ1) is 20.1. The van der Waals surface area contributed by atoms with Gasteiger partial charge in [0.15, 0.2) is 0 Å². The summed E-state index contributed by atoms with van der Waals surface area (Å²) in [6.07, 6.45) is 5.05. The van der Waals surface area contributed by atoms with E-state index in [1.807, 2.05) is 13.0 Å². The van der Waals surface area contributed by atoms with Gasteiger partial charge in [0.2, 0.25) is 0 Å². The smallest absolute Gasteiger partial charge is 0.269 e. The third kappa shape index (κ3) is 4.29. The zero-order valence-corrected chi connectivity index (χ0v) is 17.7. The van der Waals surface area contributed by atoms with E-state index in [0.29, 0.717) is 11.1 Å². The Labute approximate surface area is 164 Å². The Balaban J connectivity index is 1.57. The second-order valence-electron chi connectivity index (χ2n) is 8.92. The van der Waals surface area contributed by atoms with Gasteiger partial charge in [0, 0.05) is 32.7 Å². The highest BCUT2D eigenvalue weighted by atomic mass is 16.1. The van der Waals surface area contributed by atoms with Crippen LogP contribution in [0.3, 0.4) is 0 Å². The third-order valence-electron chi connectivity index (χ3n) is 7.08. The van der Waals surface area contributed by atoms with Crippen LogP contribution in [0.1, 0.15) is 62.6 Å². The van der Waals surface area contributed by atoms with Crippen molar-refractivity contribution in [1.82, 2.24) is 15.2 Å². The van der Waals surface area contributed by atoms with Crippen LogP contribution in [-0.2, 0) is 0 Å². The summed E-state index contributed by atoms with van der Waals surface area (Å²) in [4.78, 5) is 21.5. The highest BCUT2D eigenvalue weighted by Crippen LogP contribution is 2.38. The van der Waals surface area contributed by atoms with E-state index >= 15 is 0 Å². The van der Waals surface area contributed by atoms with Gasteiger partial charge in [0.25, 0.3) is 5.91 Å². The standard InChI is InChI=1S/C22H36N4O/c1-6-22(3,4)17-9-12-26(15-17)18-10-13-25(14-11-18)20-8-7-19(21(27)23-5)24-16(20)2/h7-8,17-18H,6,9-15H2,1-5H3,(H,23,27). The van der Waals surface area contributed by atoms with E-state index in [4.69, 9.17) is 0 Å². The Kier molecular flexibility index (Phi) is 6.09. The predicted molar refractivity (Wildman–Crippen MR) is 111 cm³/mol. The number of hydrogen-bond donors (Lipinski definition) is 1. The summed E-state index contributed by atoms with van der Waals surface area (Å²) in [6, 6.07) is 4.62. The largest absolute Gasteiger partial charge is 0.370 e. The minimum atomic E-state index is -0.123. The Morgan fingerprint density at radius 3 is 2.52 bits per heavy atom. The van der Waals surface area contributed by atoms with Gasteiger partial charge >= 0.3 is 0 Å². The number of carbonyl (C=O) groups excluding carboxylic acids is 1. The van der Waals surface area contributed by atoms with Crippen molar-refractivity contribution < 1.29 is 4.79 Å². The Morgan fingerprint density at radius 1 is 1.22 bits per heavy atom. The number of nitrogens with one attached hydrogen (secondary N) is 1. The molecule has 5 heteroatoms. The molecule has 1 aromatic heterocycles. The number of pyridine rings is 1. The molecule has 2 fully saturated rings. The van der Waals surface area contributed by atoms with Crippen LogP contribution in [0.2, 0.25) is 0 Å². The van der Waals surface area contributed by atoms with Crippen molar-refractivity contribution in [1.29, 1.82) is 0 Å². The molecule has 2 saturated heterocycles. The molecule has 3 rings (SSSR count). The van der Waals surface area contributed by atoms with Crippen molar-refractivity contribution in [3.63, 3.8) is 0 Å². The summed E-state index contributed by atoms with van der Waals surface area (Å²) in [6.45, 7) is 13.9. The Hall–Kier alpha value is -1.62. The lowest BCUT2D eigenvalue weighted by atomic mass is 9.76. The quantitative estimate of drug-likeness (QED) is 0.860. The van der Waals surface area contributed by atoms with Crippen LogP contribution >= 0.6 is 0 Å². The number of aryl methyl sites for hydroxylation is 1. The Morgan fingerprint density at radius 2 is 1.93 bits per heavy atom. The summed E-state index contributed by atoms with van der Waals surface area (Å²) in [5.74, 6) is 0.714. The van der Waals surface area contributed by atoms with Gasteiger partial charge in [0.1, 0.15) is 5.69 Å². The molecule has 2 aliphatic rings. The number of hydrogen-bond acceptors (Lipinski definition) is 4. The number of likely N-dealkylation sites (tertiary alicyclic amines) is 1. The van der Waals surface area contributed by atoms with Gasteiger partial charge in [-0.1, -0.05) is 27.2 Å². The van der Waals surface area contributed by atoms with Crippen molar-refractivity contribution in [2.45, 2.75) is 59.4 Å². The molecule has 150 valence electrons. The molecule has 0 aromatic carbocycles. The fourth-order valence-electron chi connectivity index (χ4n) is 4.66. The van der Waals surface area contributed by atoms with E-state index in [1.54, 1.807) is 7.05 Å². The van der Waals surface area contributed by atoms with E-state index in [1.165, 1.54) is 44.5 Å². The predicted octanol–water partition coefficient (Wildman–Crippen LogP) is 3.48. The first-order valence-corrected chi connectivity index (χ1v) is 10.5. The summed E-state index contributed by atoms with van der Waals surface area (Å²) in [5.41, 5.74) is 3.08. The number of carbonyl (C=O) groups is 1. The molecular weight excluding hydrogens is 336 g/mol. The van der Waals surface area contributed by atoms with Crippen molar-refractivity contribution in [3.8, 4) is 0 Å². The van der Waals surface area contributed by atoms with Crippen LogP contribution < -0.4 is 10.2 Å². The number of nitrogens with zero attached hydrogens (tertiary/aromatic N) is 3. The van der Waals surface area contributed by atoms with Gasteiger partial charge in [-0.25, -0.2) is 4.98 Å². The highest BCUT2D eigenvalue weighted by Gasteiger charge is 2.37. The zero-order chi connectivity index (χ0) is 19.6. The average molecular weight is 373 g/mol. The van der Waals surface area contributed by atoms with Crippen LogP contribution in [0.25, 0.3) is 0 Å². The summed E-state index contributed by atoms with van der Waals surface area (Å²) < 4.78 is 0. The van der Waals surface area contributed by atoms with Crippen LogP contribution in [0.4, 0.5) is 5.69 Å². The molecule has 1 N–H and O–H groups in total. The Bertz CT molecular complexity index is 664. The molecule has 0 bridgehead atoms. The van der Waals surface area contributed by atoms with Gasteiger partial charge in [-0.3, -0.25) is 9.69 Å². The van der Waals surface area contributed by atoms with E-state index in [9.17, 15) is 4.79 Å². The fraction of sp³-hybridized carbons (Fsp3) is 0.727. The number of rotatable bonds is 5. The molecule has 0 saturated carbocycles. The van der Waals surface area contributed by atoms with Crippen molar-refractivity contribution in [3.05, 3.63) is 23.5 Å². The molecule has 27 heavy (non-hydrogen) atoms. The summed E-state index contributed by atoms with van der Waals surface area (Å²) in [7, 11) is 1.64. The molecule has 1 atom stereocenters. The van der Waals surface area contributed by atoms with Gasteiger partial charge in [-0.05, 0) is 56.2 Å². The van der Waals surface area contributed by atoms with Crippen LogP contribution in [0.15, 0.2) is 12.1 Å². The number of anilines is 1. The molecule has 1 amide bonds. The minimum Gasteiger partial charge on any atom is -0.370 e. The van der Waals surface area contributed by atoms with Crippen molar-refractivity contribution in [2.75, 3.05) is 38.1 Å². The second-order valence-corrected chi connectivity index (χ2v) is 8.92. The lowest BCUT2D eigenvalue weighted by Gasteiger charge is -2.39. The molecule has 5 nitrogen and oxygen atoms in total. The maximum atomic E-state index is 11.8. The van der Waals surface area contributed by atoms with Gasteiger partial charge < -0.3 is 10.2 Å². The number of amides is 1. The second kappa shape index (κ2) is 8.17. The maximum Gasteiger partial charge on any atom is 0.269 e. The van der Waals surface area contributed by atoms with Crippen LogP contribution in [-0.4, -0.2) is 55.1 Å². The maximum absolute atomic E-state index is 11.8. The lowest BCUT2D eigenvalue weighted by Crippen LogP contribution is -2.44. The van der Waals surface area contributed by atoms with Gasteiger partial charge in [-0.2, -0.15) is 0 Å². The van der Waals surface area contributed by atoms with Gasteiger partial charge in [-0.15, -0.1) is 0 Å². The van der Waals surface area contributed by atoms with E-state index < -0.39 is 0 Å². The van der Waals surface area contributed by atoms with E-state index in [0.717, 1.165) is 30.7 Å². The van der Waals surface area contributed by atoms with Gasteiger partial charge in [0.05, 0.1) is 11.4 Å². The van der Waals surface area contributed by atoms with Crippen LogP contribution in [0.5, 0.6) is 0 Å². The lowest BCUT2D eigenvalue weighted by molar-refractivity contribution is 0.0958. The summed E-state index contributed by atoms with van der Waals surface area (Å²) >= 11 is 0. The SMILES string of the molecule is CCC(C)(C)C1CCN(C2CCN(c3ccc(C(=O)NC)nc3C)CC2)C1. The van der Waals surface area contributed by atoms with Crippen molar-refractivity contribution >= 4 is 11.6 Å². The minimum absolute atomic E-state index is 0.123. The molecule has 0 aliphatic carbocycles. The van der Waals surface area contributed by atoms with E-state index in [2.05, 4.69) is 46.9 Å². The number of aromatic nitrogens is 1. The summed E-state index contributed by atoms with van der Waals surface area (Å²) in [5, 5.41) is 2.64. The molecule has 1 aromatic rings. The molecule has 0 spiro atoms. The van der Waals surface area contributed by atoms with E-state index in [-0.39, 0.29) is 5.91 Å². The zero-order valence-electron chi connectivity index (χ0n) is 17.7. The molecule has 3 heterocycles. The van der Waals surface area contributed by atoms with Crippen molar-refractivity contribution in [2.24, 2.45) is 11.3 Å². The first-order valence-electron chi connectivity index (χ1n) is 10.5. The monoisotopic (exact) mass is 372 g/mol. The average Bonchev–Trinajstić information content (AvgIpc) is 3.18. The highest BCUT2D eigenvalue weighted by molar-refractivity contribution is 5.92. The topological polar surface area (TPSA) is 48.5 Å². The first-order chi connectivity index (χ1) is 12.9. The normalized spacial score (nSPS) is 22.3. The molecule has 2 aliphatic heterocycles. The number of piperidine rings is 1.